The molecule has 5 rings (SSSR count). The van der Waals surface area contributed by atoms with E-state index in [2.05, 4.69) is 43.5 Å². The lowest BCUT2D eigenvalue weighted by molar-refractivity contribution is 0.0942. The molecule has 172 valence electrons. The fraction of sp³-hybridized carbons (Fsp3) is 0.400. The average molecular weight is 463 g/mol. The van der Waals surface area contributed by atoms with Crippen LogP contribution in [0.15, 0.2) is 47.8 Å². The summed E-state index contributed by atoms with van der Waals surface area (Å²) in [5.41, 5.74) is 5.52. The Morgan fingerprint density at radius 1 is 1.15 bits per heavy atom. The Morgan fingerprint density at radius 3 is 2.85 bits per heavy atom. The first-order chi connectivity index (χ1) is 16.1. The minimum absolute atomic E-state index is 0.0567. The molecule has 0 aliphatic carbocycles. The van der Waals surface area contributed by atoms with Crippen LogP contribution in [0, 0.1) is 6.92 Å². The van der Waals surface area contributed by atoms with E-state index in [-0.39, 0.29) is 5.91 Å². The van der Waals surface area contributed by atoms with Crippen LogP contribution in [0.5, 0.6) is 0 Å². The van der Waals surface area contributed by atoms with Gasteiger partial charge in [0.1, 0.15) is 11.5 Å². The van der Waals surface area contributed by atoms with E-state index in [1.165, 1.54) is 24.0 Å². The predicted octanol–water partition coefficient (Wildman–Crippen LogP) is 3.72. The van der Waals surface area contributed by atoms with Crippen molar-refractivity contribution in [2.75, 3.05) is 24.5 Å². The number of hydrogen-bond acceptors (Lipinski definition) is 6. The van der Waals surface area contributed by atoms with Crippen molar-refractivity contribution in [2.24, 2.45) is 7.05 Å². The highest BCUT2D eigenvalue weighted by Crippen LogP contribution is 2.32. The third-order valence-corrected chi connectivity index (χ3v) is 7.82. The van der Waals surface area contributed by atoms with E-state index in [4.69, 9.17) is 0 Å². The van der Waals surface area contributed by atoms with Gasteiger partial charge < -0.3 is 14.8 Å². The average Bonchev–Trinajstić information content (AvgIpc) is 3.47. The molecule has 1 amide bonds. The fourth-order valence-corrected chi connectivity index (χ4v) is 5.69. The molecule has 8 heteroatoms. The van der Waals surface area contributed by atoms with Gasteiger partial charge in [0, 0.05) is 74.5 Å². The highest BCUT2D eigenvalue weighted by Gasteiger charge is 2.22. The third kappa shape index (κ3) is 4.63. The van der Waals surface area contributed by atoms with Crippen LogP contribution in [-0.2, 0) is 26.6 Å². The lowest BCUT2D eigenvalue weighted by atomic mass is 10.0. The molecule has 0 unspecified atom stereocenters. The van der Waals surface area contributed by atoms with Crippen LogP contribution >= 0.6 is 11.9 Å². The van der Waals surface area contributed by atoms with E-state index >= 15 is 0 Å². The van der Waals surface area contributed by atoms with Crippen molar-refractivity contribution in [1.82, 2.24) is 24.2 Å². The van der Waals surface area contributed by atoms with Crippen LogP contribution < -0.4 is 10.2 Å². The van der Waals surface area contributed by atoms with E-state index in [1.54, 1.807) is 11.9 Å². The lowest BCUT2D eigenvalue weighted by Gasteiger charge is -2.27. The molecule has 0 atom stereocenters. The van der Waals surface area contributed by atoms with Crippen LogP contribution in [0.4, 0.5) is 5.82 Å². The zero-order valence-corrected chi connectivity index (χ0v) is 20.1. The molecule has 5 heterocycles. The number of hydrogen-bond donors (Lipinski definition) is 1. The molecule has 0 spiro atoms. The molecule has 0 radical (unpaired) electrons. The van der Waals surface area contributed by atoms with Gasteiger partial charge in [-0.25, -0.2) is 9.29 Å². The summed E-state index contributed by atoms with van der Waals surface area (Å²) in [6, 6.07) is 8.12. The zero-order valence-electron chi connectivity index (χ0n) is 19.3. The number of anilines is 1. The largest absolute Gasteiger partial charge is 0.356 e. The smallest absolute Gasteiger partial charge is 0.268 e. The summed E-state index contributed by atoms with van der Waals surface area (Å²) in [5.74, 6) is 0.939. The first-order valence-corrected chi connectivity index (χ1v) is 12.4. The Labute approximate surface area is 199 Å². The minimum Gasteiger partial charge on any atom is -0.356 e. The number of fused-ring (bicyclic) bond motifs is 1. The molecule has 33 heavy (non-hydrogen) atoms. The first-order valence-electron chi connectivity index (χ1n) is 11.6. The van der Waals surface area contributed by atoms with Crippen LogP contribution in [0.1, 0.15) is 45.7 Å². The predicted molar refractivity (Wildman–Crippen MR) is 131 cm³/mol. The van der Waals surface area contributed by atoms with E-state index < -0.39 is 0 Å². The van der Waals surface area contributed by atoms with Gasteiger partial charge in [-0.3, -0.25) is 9.78 Å². The summed E-state index contributed by atoms with van der Waals surface area (Å²) in [6.45, 7) is 6.48. The molecular formula is C25H30N6OS. The molecule has 2 aliphatic rings. The third-order valence-electron chi connectivity index (χ3n) is 6.64. The van der Waals surface area contributed by atoms with Gasteiger partial charge in [-0.15, -0.1) is 0 Å². The number of aromatic nitrogens is 3. The number of carbonyl (C=O) groups excluding carboxylic acids is 1. The molecule has 2 aliphatic heterocycles. The number of amides is 1. The van der Waals surface area contributed by atoms with Gasteiger partial charge in [-0.1, -0.05) is 6.07 Å². The molecule has 1 saturated heterocycles. The molecule has 0 aromatic carbocycles. The molecule has 0 bridgehead atoms. The monoisotopic (exact) mass is 462 g/mol. The van der Waals surface area contributed by atoms with Crippen molar-refractivity contribution in [3.05, 3.63) is 70.9 Å². The van der Waals surface area contributed by atoms with Gasteiger partial charge >= 0.3 is 0 Å². The van der Waals surface area contributed by atoms with Crippen molar-refractivity contribution < 1.29 is 4.79 Å². The zero-order chi connectivity index (χ0) is 22.8. The number of carbonyl (C=O) groups is 1. The second-order valence-corrected chi connectivity index (χ2v) is 9.89. The Morgan fingerprint density at radius 2 is 2.00 bits per heavy atom. The number of nitrogens with one attached hydrogen (secondary N) is 1. The van der Waals surface area contributed by atoms with E-state index in [0.717, 1.165) is 54.6 Å². The lowest BCUT2D eigenvalue weighted by Crippen LogP contribution is -2.27. The van der Waals surface area contributed by atoms with E-state index in [1.807, 2.05) is 42.3 Å². The van der Waals surface area contributed by atoms with Gasteiger partial charge in [-0.05, 0) is 67.5 Å². The van der Waals surface area contributed by atoms with E-state index in [0.29, 0.717) is 12.2 Å². The standard InChI is InChI=1S/C25H30N6OS/c1-18-23(33-31-13-8-19-15-26-10-7-21(19)17-31)14-22(29(18)2)25(32)28-16-20-6-5-9-27-24(20)30-11-3-4-12-30/h5-7,9-10,14-15H,3-4,8,11-13,16-17H2,1-2H3,(H,28,32). The van der Waals surface area contributed by atoms with Crippen molar-refractivity contribution in [1.29, 1.82) is 0 Å². The maximum Gasteiger partial charge on any atom is 0.268 e. The minimum atomic E-state index is -0.0567. The Hall–Kier alpha value is -2.84. The fourth-order valence-electron chi connectivity index (χ4n) is 4.60. The summed E-state index contributed by atoms with van der Waals surface area (Å²) < 4.78 is 4.36. The highest BCUT2D eigenvalue weighted by molar-refractivity contribution is 7.97. The summed E-state index contributed by atoms with van der Waals surface area (Å²) in [5, 5.41) is 3.12. The second kappa shape index (κ2) is 9.57. The van der Waals surface area contributed by atoms with Gasteiger partial charge in [0.2, 0.25) is 0 Å². The molecule has 0 saturated carbocycles. The molecule has 1 N–H and O–H groups in total. The molecule has 3 aromatic heterocycles. The maximum atomic E-state index is 13.1. The van der Waals surface area contributed by atoms with Crippen molar-refractivity contribution in [3.63, 3.8) is 0 Å². The Kier molecular flexibility index (Phi) is 6.37. The van der Waals surface area contributed by atoms with Gasteiger partial charge in [0.15, 0.2) is 0 Å². The summed E-state index contributed by atoms with van der Waals surface area (Å²) in [6.07, 6.45) is 9.07. The first kappa shape index (κ1) is 22.0. The second-order valence-electron chi connectivity index (χ2n) is 8.75. The van der Waals surface area contributed by atoms with Gasteiger partial charge in [0.05, 0.1) is 0 Å². The SMILES string of the molecule is Cc1c(SN2CCc3cnccc3C2)cc(C(=O)NCc2cccnc2N2CCCC2)n1C. The molecule has 7 nitrogen and oxygen atoms in total. The number of rotatable bonds is 6. The number of pyridine rings is 2. The normalized spacial score (nSPS) is 16.1. The molecule has 3 aromatic rings. The Balaban J connectivity index is 1.26. The van der Waals surface area contributed by atoms with Crippen LogP contribution in [0.3, 0.4) is 0 Å². The van der Waals surface area contributed by atoms with Crippen molar-refractivity contribution in [2.45, 2.75) is 44.2 Å². The van der Waals surface area contributed by atoms with Crippen molar-refractivity contribution in [3.8, 4) is 0 Å². The quantitative estimate of drug-likeness (QED) is 0.564. The van der Waals surface area contributed by atoms with Gasteiger partial charge in [-0.2, -0.15) is 0 Å². The van der Waals surface area contributed by atoms with Crippen LogP contribution in [-0.4, -0.2) is 44.4 Å². The van der Waals surface area contributed by atoms with Gasteiger partial charge in [0.25, 0.3) is 5.91 Å². The summed E-state index contributed by atoms with van der Waals surface area (Å²) in [7, 11) is 1.96. The molecule has 1 fully saturated rings. The maximum absolute atomic E-state index is 13.1. The molecular weight excluding hydrogens is 432 g/mol. The van der Waals surface area contributed by atoms with Crippen LogP contribution in [0.25, 0.3) is 0 Å². The Bertz CT molecular complexity index is 1150. The summed E-state index contributed by atoms with van der Waals surface area (Å²) in [4.78, 5) is 25.4. The van der Waals surface area contributed by atoms with E-state index in [9.17, 15) is 4.79 Å². The summed E-state index contributed by atoms with van der Waals surface area (Å²) >= 11 is 1.74. The highest BCUT2D eigenvalue weighted by atomic mass is 32.2. The topological polar surface area (TPSA) is 66.3 Å². The van der Waals surface area contributed by atoms with Crippen LogP contribution in [0.2, 0.25) is 0 Å². The number of nitrogens with zero attached hydrogens (tertiary/aromatic N) is 5. The van der Waals surface area contributed by atoms with Crippen molar-refractivity contribution >= 4 is 23.7 Å².